The van der Waals surface area contributed by atoms with Crippen LogP contribution in [0.15, 0.2) is 30.5 Å². The predicted octanol–water partition coefficient (Wildman–Crippen LogP) is 0.848. The van der Waals surface area contributed by atoms with Crippen molar-refractivity contribution in [2.75, 3.05) is 26.8 Å². The van der Waals surface area contributed by atoms with Crippen LogP contribution in [0.3, 0.4) is 0 Å². The molecule has 29 heavy (non-hydrogen) atoms. The van der Waals surface area contributed by atoms with Crippen molar-refractivity contribution < 1.29 is 14.6 Å². The lowest BCUT2D eigenvalue weighted by molar-refractivity contribution is -0.133. The van der Waals surface area contributed by atoms with Gasteiger partial charge in [-0.05, 0) is 31.4 Å². The van der Waals surface area contributed by atoms with Gasteiger partial charge in [0.05, 0.1) is 25.3 Å². The Balaban J connectivity index is 1.33. The van der Waals surface area contributed by atoms with Crippen molar-refractivity contribution in [1.29, 1.82) is 0 Å². The van der Waals surface area contributed by atoms with Crippen molar-refractivity contribution in [3.63, 3.8) is 0 Å². The van der Waals surface area contributed by atoms with Gasteiger partial charge in [0.25, 0.3) is 0 Å². The number of nitrogens with one attached hydrogen (secondary N) is 1. The molecule has 3 saturated heterocycles. The number of ether oxygens (including phenoxy) is 1. The number of rotatable bonds is 8. The van der Waals surface area contributed by atoms with Gasteiger partial charge in [-0.25, -0.2) is 0 Å². The molecule has 5 rings (SSSR count). The molecule has 3 aliphatic heterocycles. The first-order chi connectivity index (χ1) is 14.2. The van der Waals surface area contributed by atoms with Crippen LogP contribution in [-0.4, -0.2) is 63.8 Å². The summed E-state index contributed by atoms with van der Waals surface area (Å²) in [6.45, 7) is 3.18. The summed E-state index contributed by atoms with van der Waals surface area (Å²) in [6.07, 6.45) is 4.51. The Morgan fingerprint density at radius 1 is 1.38 bits per heavy atom. The number of nitrogens with zero attached hydrogens (tertiary/aromatic N) is 4. The van der Waals surface area contributed by atoms with Crippen LogP contribution in [0.1, 0.15) is 24.1 Å². The molecule has 1 amide bonds. The summed E-state index contributed by atoms with van der Waals surface area (Å²) in [5, 5.41) is 20.4. The molecule has 4 atom stereocenters. The molecule has 156 valence electrons. The van der Waals surface area contributed by atoms with E-state index in [1.807, 2.05) is 35.1 Å². The van der Waals surface area contributed by atoms with Gasteiger partial charge in [-0.2, -0.15) is 0 Å². The van der Waals surface area contributed by atoms with E-state index in [-0.39, 0.29) is 18.4 Å². The molecule has 4 heterocycles. The second kappa shape index (κ2) is 8.92. The lowest BCUT2D eigenvalue weighted by atomic mass is 9.75. The highest BCUT2D eigenvalue weighted by atomic mass is 16.5. The summed E-state index contributed by atoms with van der Waals surface area (Å²) in [5.41, 5.74) is 1.81. The van der Waals surface area contributed by atoms with E-state index in [4.69, 9.17) is 9.84 Å². The van der Waals surface area contributed by atoms with Gasteiger partial charge in [-0.3, -0.25) is 14.4 Å². The molecule has 8 heteroatoms. The van der Waals surface area contributed by atoms with E-state index in [2.05, 4.69) is 20.5 Å². The summed E-state index contributed by atoms with van der Waals surface area (Å²) < 4.78 is 7.24. The van der Waals surface area contributed by atoms with Crippen LogP contribution in [0.4, 0.5) is 0 Å². The SMILES string of the molecule is COc1ccccc1CNC(=O)C1CN2CCC1CC2Cn1cc(CCO)nn1. The lowest BCUT2D eigenvalue weighted by Crippen LogP contribution is -2.58. The molecule has 0 radical (unpaired) electrons. The Labute approximate surface area is 170 Å². The fourth-order valence-corrected chi connectivity index (χ4v) is 4.66. The minimum atomic E-state index is 0.0374. The second-order valence-electron chi connectivity index (χ2n) is 7.97. The molecule has 0 spiro atoms. The molecular formula is C21H29N5O3. The topological polar surface area (TPSA) is 92.5 Å². The molecule has 1 aromatic heterocycles. The Kier molecular flexibility index (Phi) is 6.10. The van der Waals surface area contributed by atoms with Gasteiger partial charge < -0.3 is 15.2 Å². The zero-order valence-electron chi connectivity index (χ0n) is 16.8. The first-order valence-corrected chi connectivity index (χ1v) is 10.3. The molecule has 3 fully saturated rings. The molecule has 2 N–H and O–H groups in total. The number of carbonyl (C=O) groups excluding carboxylic acids is 1. The van der Waals surface area contributed by atoms with Crippen molar-refractivity contribution in [3.8, 4) is 5.75 Å². The minimum Gasteiger partial charge on any atom is -0.496 e. The number of para-hydroxylation sites is 1. The third-order valence-electron chi connectivity index (χ3n) is 6.21. The van der Waals surface area contributed by atoms with Crippen LogP contribution in [0.25, 0.3) is 0 Å². The number of aliphatic hydroxyl groups is 1. The standard InChI is InChI=1S/C21H29N5O3/c1-29-20-5-3-2-4-16(20)11-22-21(28)19-14-25-8-6-15(19)10-18(25)13-26-12-17(7-9-27)23-24-26/h2-5,12,15,18-19,27H,6-11,13-14H2,1H3,(H,22,28). The maximum atomic E-state index is 12.9. The Morgan fingerprint density at radius 3 is 3.00 bits per heavy atom. The fraction of sp³-hybridized carbons (Fsp3) is 0.571. The number of aromatic nitrogens is 3. The smallest absolute Gasteiger partial charge is 0.224 e. The molecule has 2 aromatic rings. The van der Waals surface area contributed by atoms with Crippen molar-refractivity contribution in [1.82, 2.24) is 25.2 Å². The summed E-state index contributed by atoms with van der Waals surface area (Å²) in [5.74, 6) is 1.38. The predicted molar refractivity (Wildman–Crippen MR) is 107 cm³/mol. The summed E-state index contributed by atoms with van der Waals surface area (Å²) >= 11 is 0. The first kappa shape index (κ1) is 19.8. The number of hydrogen-bond acceptors (Lipinski definition) is 6. The van der Waals surface area contributed by atoms with Gasteiger partial charge >= 0.3 is 0 Å². The molecule has 4 unspecified atom stereocenters. The molecule has 8 nitrogen and oxygen atoms in total. The molecule has 0 saturated carbocycles. The summed E-state index contributed by atoms with van der Waals surface area (Å²) in [7, 11) is 1.65. The van der Waals surface area contributed by atoms with Gasteiger partial charge in [0.1, 0.15) is 5.75 Å². The van der Waals surface area contributed by atoms with Gasteiger partial charge in [-0.1, -0.05) is 23.4 Å². The van der Waals surface area contributed by atoms with E-state index in [1.54, 1.807) is 7.11 Å². The Bertz CT molecular complexity index is 839. The number of piperidine rings is 3. The van der Waals surface area contributed by atoms with E-state index in [0.29, 0.717) is 24.9 Å². The van der Waals surface area contributed by atoms with E-state index in [9.17, 15) is 4.79 Å². The zero-order valence-corrected chi connectivity index (χ0v) is 16.8. The monoisotopic (exact) mass is 399 g/mol. The number of amides is 1. The summed E-state index contributed by atoms with van der Waals surface area (Å²) in [6, 6.07) is 8.17. The van der Waals surface area contributed by atoms with E-state index in [0.717, 1.165) is 49.5 Å². The van der Waals surface area contributed by atoms with Gasteiger partial charge in [0.15, 0.2) is 0 Å². The maximum absolute atomic E-state index is 12.9. The molecule has 0 aliphatic carbocycles. The third kappa shape index (κ3) is 4.43. The van der Waals surface area contributed by atoms with Crippen LogP contribution in [0, 0.1) is 11.8 Å². The van der Waals surface area contributed by atoms with Crippen molar-refractivity contribution >= 4 is 5.91 Å². The average molecular weight is 399 g/mol. The van der Waals surface area contributed by atoms with E-state index < -0.39 is 0 Å². The van der Waals surface area contributed by atoms with Gasteiger partial charge in [-0.15, -0.1) is 5.10 Å². The number of carbonyl (C=O) groups is 1. The Morgan fingerprint density at radius 2 is 2.24 bits per heavy atom. The van der Waals surface area contributed by atoms with Crippen LogP contribution in [0.5, 0.6) is 5.75 Å². The lowest BCUT2D eigenvalue weighted by Gasteiger charge is -2.49. The number of methoxy groups -OCH3 is 1. The second-order valence-corrected chi connectivity index (χ2v) is 7.97. The quantitative estimate of drug-likeness (QED) is 0.684. The highest BCUT2D eigenvalue weighted by Gasteiger charge is 2.43. The van der Waals surface area contributed by atoms with Gasteiger partial charge in [0.2, 0.25) is 5.91 Å². The van der Waals surface area contributed by atoms with Crippen LogP contribution >= 0.6 is 0 Å². The van der Waals surface area contributed by atoms with Gasteiger partial charge in [0, 0.05) is 43.9 Å². The largest absolute Gasteiger partial charge is 0.496 e. The number of hydrogen-bond donors (Lipinski definition) is 2. The molecule has 2 bridgehead atoms. The highest BCUT2D eigenvalue weighted by Crippen LogP contribution is 2.37. The number of benzene rings is 1. The first-order valence-electron chi connectivity index (χ1n) is 10.3. The minimum absolute atomic E-state index is 0.0374. The van der Waals surface area contributed by atoms with E-state index >= 15 is 0 Å². The van der Waals surface area contributed by atoms with E-state index in [1.165, 1.54) is 0 Å². The molecule has 3 aliphatic rings. The van der Waals surface area contributed by atoms with Crippen LogP contribution < -0.4 is 10.1 Å². The maximum Gasteiger partial charge on any atom is 0.224 e. The highest BCUT2D eigenvalue weighted by molar-refractivity contribution is 5.79. The number of fused-ring (bicyclic) bond motifs is 3. The molecular weight excluding hydrogens is 370 g/mol. The number of aliphatic hydroxyl groups excluding tert-OH is 1. The van der Waals surface area contributed by atoms with Crippen molar-refractivity contribution in [2.45, 2.75) is 38.4 Å². The fourth-order valence-electron chi connectivity index (χ4n) is 4.66. The zero-order chi connectivity index (χ0) is 20.2. The van der Waals surface area contributed by atoms with Crippen LogP contribution in [-0.2, 0) is 24.3 Å². The van der Waals surface area contributed by atoms with Crippen LogP contribution in [0.2, 0.25) is 0 Å². The third-order valence-corrected chi connectivity index (χ3v) is 6.21. The Hall–Kier alpha value is -2.45. The molecule has 1 aromatic carbocycles. The normalized spacial score (nSPS) is 25.7. The van der Waals surface area contributed by atoms with Crippen molar-refractivity contribution in [3.05, 3.63) is 41.7 Å². The summed E-state index contributed by atoms with van der Waals surface area (Å²) in [4.78, 5) is 15.3. The van der Waals surface area contributed by atoms with Crippen molar-refractivity contribution in [2.24, 2.45) is 11.8 Å². The average Bonchev–Trinajstić information content (AvgIpc) is 3.19.